The van der Waals surface area contributed by atoms with Gasteiger partial charge in [0.05, 0.1) is 7.11 Å². The number of nitrogens with zero attached hydrogens (tertiary/aromatic N) is 2. The Morgan fingerprint density at radius 3 is 2.09 bits per heavy atom. The Hall–Kier alpha value is -3.20. The maximum Gasteiger partial charge on any atom is 0.251 e. The van der Waals surface area contributed by atoms with Crippen LogP contribution in [0.5, 0.6) is 5.75 Å². The number of sulfonamides is 1. The van der Waals surface area contributed by atoms with E-state index in [1.165, 1.54) is 36.2 Å². The lowest BCUT2D eigenvalue weighted by Crippen LogP contribution is -2.41. The molecule has 1 amide bonds. The summed E-state index contributed by atoms with van der Waals surface area (Å²) >= 11 is 0. The van der Waals surface area contributed by atoms with E-state index in [4.69, 9.17) is 4.74 Å². The van der Waals surface area contributed by atoms with Crippen molar-refractivity contribution < 1.29 is 17.9 Å². The van der Waals surface area contributed by atoms with Gasteiger partial charge in [0.2, 0.25) is 10.0 Å². The third-order valence-electron chi connectivity index (χ3n) is 5.90. The lowest BCUT2D eigenvalue weighted by atomic mass is 10.0. The number of carbonyl (C=O) groups is 1. The third-order valence-corrected chi connectivity index (χ3v) is 7.73. The number of carbonyl (C=O) groups excluding carboxylic acids is 1. The van der Waals surface area contributed by atoms with Crippen LogP contribution in [-0.2, 0) is 23.0 Å². The van der Waals surface area contributed by atoms with E-state index in [1.807, 2.05) is 62.6 Å². The highest BCUT2D eigenvalue weighted by Gasteiger charge is 2.26. The molecule has 3 aromatic rings. The second kappa shape index (κ2) is 12.0. The predicted molar refractivity (Wildman–Crippen MR) is 138 cm³/mol. The van der Waals surface area contributed by atoms with Crippen LogP contribution in [0.2, 0.25) is 0 Å². The fourth-order valence-electron chi connectivity index (χ4n) is 3.75. The van der Waals surface area contributed by atoms with Gasteiger partial charge in [-0.3, -0.25) is 4.79 Å². The minimum atomic E-state index is -3.90. The van der Waals surface area contributed by atoms with Gasteiger partial charge in [-0.2, -0.15) is 4.31 Å². The molecule has 35 heavy (non-hydrogen) atoms. The molecule has 0 heterocycles. The van der Waals surface area contributed by atoms with Crippen LogP contribution in [0.25, 0.3) is 0 Å². The molecule has 186 valence electrons. The highest BCUT2D eigenvalue weighted by molar-refractivity contribution is 7.89. The lowest BCUT2D eigenvalue weighted by molar-refractivity contribution is 0.0941. The van der Waals surface area contributed by atoms with Crippen molar-refractivity contribution in [3.05, 3.63) is 95.6 Å². The van der Waals surface area contributed by atoms with Gasteiger partial charge in [-0.1, -0.05) is 60.7 Å². The van der Waals surface area contributed by atoms with Gasteiger partial charge in [0.15, 0.2) is 0 Å². The molecule has 0 spiro atoms. The zero-order valence-electron chi connectivity index (χ0n) is 20.6. The van der Waals surface area contributed by atoms with Crippen LogP contribution in [0.1, 0.15) is 21.5 Å². The number of benzene rings is 3. The van der Waals surface area contributed by atoms with Crippen LogP contribution >= 0.6 is 0 Å². The average Bonchev–Trinajstić information content (AvgIpc) is 2.86. The molecule has 1 atom stereocenters. The van der Waals surface area contributed by atoms with Gasteiger partial charge < -0.3 is 15.0 Å². The van der Waals surface area contributed by atoms with Crippen LogP contribution in [0.15, 0.2) is 83.8 Å². The van der Waals surface area contributed by atoms with Gasteiger partial charge in [-0.15, -0.1) is 0 Å². The van der Waals surface area contributed by atoms with E-state index < -0.39 is 10.0 Å². The first-order valence-electron chi connectivity index (χ1n) is 11.4. The van der Waals surface area contributed by atoms with Crippen molar-refractivity contribution in [3.8, 4) is 5.75 Å². The molecule has 0 aliphatic carbocycles. The van der Waals surface area contributed by atoms with Crippen LogP contribution in [-0.4, -0.2) is 64.4 Å². The molecule has 0 radical (unpaired) electrons. The van der Waals surface area contributed by atoms with E-state index in [0.29, 0.717) is 6.54 Å². The van der Waals surface area contributed by atoms with Crippen molar-refractivity contribution in [1.82, 2.24) is 14.5 Å². The Bertz CT molecular complexity index is 1220. The topological polar surface area (TPSA) is 79.0 Å². The van der Waals surface area contributed by atoms with Gasteiger partial charge in [0.1, 0.15) is 10.6 Å². The zero-order chi connectivity index (χ0) is 25.4. The van der Waals surface area contributed by atoms with Crippen LogP contribution in [0.4, 0.5) is 0 Å². The Labute approximate surface area is 208 Å². The summed E-state index contributed by atoms with van der Waals surface area (Å²) in [6.45, 7) is 0.621. The normalized spacial score (nSPS) is 12.5. The predicted octanol–water partition coefficient (Wildman–Crippen LogP) is 3.42. The number of methoxy groups -OCH3 is 1. The molecule has 0 saturated heterocycles. The van der Waals surface area contributed by atoms with Gasteiger partial charge in [0, 0.05) is 31.7 Å². The van der Waals surface area contributed by atoms with E-state index in [9.17, 15) is 13.2 Å². The first-order chi connectivity index (χ1) is 16.7. The maximum absolute atomic E-state index is 13.4. The van der Waals surface area contributed by atoms with Crippen molar-refractivity contribution in [2.24, 2.45) is 0 Å². The van der Waals surface area contributed by atoms with Crippen molar-refractivity contribution in [2.45, 2.75) is 23.9 Å². The summed E-state index contributed by atoms with van der Waals surface area (Å²) in [6.07, 6.45) is 0.778. The molecule has 3 rings (SSSR count). The number of likely N-dealkylation sites (N-methyl/N-ethyl adjacent to an activating group) is 1. The number of hydrogen-bond acceptors (Lipinski definition) is 5. The molecular weight excluding hydrogens is 462 g/mol. The van der Waals surface area contributed by atoms with Crippen molar-refractivity contribution in [3.63, 3.8) is 0 Å². The number of amides is 1. The van der Waals surface area contributed by atoms with Gasteiger partial charge in [0.25, 0.3) is 5.91 Å². The third kappa shape index (κ3) is 6.91. The summed E-state index contributed by atoms with van der Waals surface area (Å²) in [5.41, 5.74) is 2.30. The second-order valence-corrected chi connectivity index (χ2v) is 10.6. The quantitative estimate of drug-likeness (QED) is 0.441. The second-order valence-electron chi connectivity index (χ2n) is 8.63. The first kappa shape index (κ1) is 26.4. The summed E-state index contributed by atoms with van der Waals surface area (Å²) in [4.78, 5) is 15.0. The summed E-state index contributed by atoms with van der Waals surface area (Å²) in [5.74, 6) is -0.147. The molecule has 0 aliphatic heterocycles. The minimum absolute atomic E-state index is 0.0421. The fraction of sp³-hybridized carbons (Fsp3) is 0.296. The molecule has 0 aliphatic rings. The molecule has 0 unspecified atom stereocenters. The molecule has 0 saturated carbocycles. The number of hydrogen-bond donors (Lipinski definition) is 1. The molecule has 1 N–H and O–H groups in total. The number of rotatable bonds is 11. The van der Waals surface area contributed by atoms with E-state index >= 15 is 0 Å². The zero-order valence-corrected chi connectivity index (χ0v) is 21.5. The van der Waals surface area contributed by atoms with E-state index in [1.54, 1.807) is 6.07 Å². The van der Waals surface area contributed by atoms with E-state index in [2.05, 4.69) is 22.3 Å². The smallest absolute Gasteiger partial charge is 0.251 e. The minimum Gasteiger partial charge on any atom is -0.495 e. The van der Waals surface area contributed by atoms with E-state index in [0.717, 1.165) is 12.0 Å². The Morgan fingerprint density at radius 2 is 1.51 bits per heavy atom. The number of nitrogens with one attached hydrogen (secondary N) is 1. The lowest BCUT2D eigenvalue weighted by Gasteiger charge is -2.25. The van der Waals surface area contributed by atoms with Gasteiger partial charge in [-0.25, -0.2) is 8.42 Å². The average molecular weight is 496 g/mol. The molecular formula is C27H33N3O4S. The van der Waals surface area contributed by atoms with Crippen molar-refractivity contribution in [2.75, 3.05) is 34.8 Å². The van der Waals surface area contributed by atoms with E-state index in [-0.39, 0.29) is 34.7 Å². The van der Waals surface area contributed by atoms with Crippen molar-refractivity contribution >= 4 is 15.9 Å². The summed E-state index contributed by atoms with van der Waals surface area (Å²) in [7, 11) is 2.97. The SMILES string of the molecule is COc1ccc(C(=O)NC[C@H](Cc2ccccc2)N(C)C)cc1S(=O)(=O)N(C)Cc1ccccc1. The molecule has 3 aromatic carbocycles. The number of ether oxygens (including phenoxy) is 1. The summed E-state index contributed by atoms with van der Waals surface area (Å²) in [6, 6.07) is 24.0. The van der Waals surface area contributed by atoms with Crippen LogP contribution in [0.3, 0.4) is 0 Å². The maximum atomic E-state index is 13.4. The molecule has 0 bridgehead atoms. The van der Waals surface area contributed by atoms with Crippen LogP contribution in [0, 0.1) is 0 Å². The molecule has 8 heteroatoms. The largest absolute Gasteiger partial charge is 0.495 e. The Morgan fingerprint density at radius 1 is 0.914 bits per heavy atom. The highest BCUT2D eigenvalue weighted by atomic mass is 32.2. The fourth-order valence-corrected chi connectivity index (χ4v) is 5.09. The Kier molecular flexibility index (Phi) is 9.03. The van der Waals surface area contributed by atoms with Gasteiger partial charge >= 0.3 is 0 Å². The molecule has 7 nitrogen and oxygen atoms in total. The monoisotopic (exact) mass is 495 g/mol. The summed E-state index contributed by atoms with van der Waals surface area (Å²) in [5, 5.41) is 2.96. The van der Waals surface area contributed by atoms with Gasteiger partial charge in [-0.05, 0) is 49.8 Å². The first-order valence-corrected chi connectivity index (χ1v) is 12.8. The Balaban J connectivity index is 1.77. The standard InChI is InChI=1S/C27H33N3O4S/c1-29(2)24(17-21-11-7-5-8-12-21)19-28-27(31)23-15-16-25(34-4)26(18-23)35(32,33)30(3)20-22-13-9-6-10-14-22/h5-16,18,24H,17,19-20H2,1-4H3,(H,28,31)/t24-/m0/s1. The molecule has 0 fully saturated rings. The summed E-state index contributed by atoms with van der Waals surface area (Å²) < 4.78 is 33.3. The van der Waals surface area contributed by atoms with Crippen molar-refractivity contribution in [1.29, 1.82) is 0 Å². The van der Waals surface area contributed by atoms with Crippen LogP contribution < -0.4 is 10.1 Å². The highest BCUT2D eigenvalue weighted by Crippen LogP contribution is 2.28. The molecule has 0 aromatic heterocycles.